The van der Waals surface area contributed by atoms with Crippen molar-refractivity contribution in [3.8, 4) is 0 Å². The molecule has 2 N–H and O–H groups in total. The van der Waals surface area contributed by atoms with Crippen molar-refractivity contribution >= 4 is 39.3 Å². The number of nitrogens with zero attached hydrogens (tertiary/aromatic N) is 1. The normalized spacial score (nSPS) is 17.2. The van der Waals surface area contributed by atoms with E-state index in [1.807, 2.05) is 6.08 Å². The van der Waals surface area contributed by atoms with Crippen molar-refractivity contribution in [1.29, 1.82) is 0 Å². The summed E-state index contributed by atoms with van der Waals surface area (Å²) in [6.45, 7) is 0.461. The summed E-state index contributed by atoms with van der Waals surface area (Å²) in [5.74, 6) is -1.11. The van der Waals surface area contributed by atoms with Gasteiger partial charge >= 0.3 is 0 Å². The summed E-state index contributed by atoms with van der Waals surface area (Å²) in [5, 5.41) is 12.2. The molecule has 1 fully saturated rings. The zero-order valence-corrected chi connectivity index (χ0v) is 17.5. The second-order valence-corrected chi connectivity index (χ2v) is 9.71. The first-order valence-electron chi connectivity index (χ1n) is 9.54. The Morgan fingerprint density at radius 3 is 2.63 bits per heavy atom. The number of sulfonamides is 1. The lowest BCUT2D eigenvalue weighted by atomic mass is 10.0. The van der Waals surface area contributed by atoms with Crippen LogP contribution in [0.1, 0.15) is 34.3 Å². The van der Waals surface area contributed by atoms with Gasteiger partial charge in [-0.1, -0.05) is 23.8 Å². The number of aliphatic hydroxyl groups excluding tert-OH is 1. The van der Waals surface area contributed by atoms with Crippen molar-refractivity contribution in [2.24, 2.45) is 0 Å². The molecule has 1 heterocycles. The predicted molar refractivity (Wildman–Crippen MR) is 113 cm³/mol. The van der Waals surface area contributed by atoms with Crippen LogP contribution >= 0.6 is 11.6 Å². The van der Waals surface area contributed by atoms with Crippen molar-refractivity contribution in [3.63, 3.8) is 0 Å². The second kappa shape index (κ2) is 8.11. The topological polar surface area (TPSA) is 86.7 Å². The van der Waals surface area contributed by atoms with E-state index in [2.05, 4.69) is 5.32 Å². The third-order valence-corrected chi connectivity index (χ3v) is 7.51. The van der Waals surface area contributed by atoms with Gasteiger partial charge in [0.05, 0.1) is 16.0 Å². The van der Waals surface area contributed by atoms with Crippen LogP contribution in [-0.4, -0.2) is 42.9 Å². The van der Waals surface area contributed by atoms with Gasteiger partial charge in [0.2, 0.25) is 10.0 Å². The molecule has 0 bridgehead atoms. The predicted octanol–water partition coefficient (Wildman–Crippen LogP) is 3.45. The Morgan fingerprint density at radius 2 is 1.93 bits per heavy atom. The van der Waals surface area contributed by atoms with Crippen LogP contribution in [0.15, 0.2) is 41.3 Å². The minimum Gasteiger partial charge on any atom is -0.393 e. The Bertz CT molecular complexity index is 1140. The van der Waals surface area contributed by atoms with Crippen molar-refractivity contribution in [2.75, 3.05) is 18.4 Å². The molecule has 4 rings (SSSR count). The average molecular weight is 451 g/mol. The third-order valence-electron chi connectivity index (χ3n) is 5.34. The number of benzene rings is 2. The van der Waals surface area contributed by atoms with Crippen LogP contribution in [0.2, 0.25) is 5.02 Å². The van der Waals surface area contributed by atoms with E-state index in [1.165, 1.54) is 22.5 Å². The number of aliphatic hydroxyl groups is 1. The second-order valence-electron chi connectivity index (χ2n) is 7.37. The molecular formula is C21H20ClFN2O4S. The Hall–Kier alpha value is -2.26. The van der Waals surface area contributed by atoms with E-state index >= 15 is 0 Å². The number of fused-ring (bicyclic) bond motifs is 1. The first-order valence-corrected chi connectivity index (χ1v) is 11.4. The lowest BCUT2D eigenvalue weighted by Crippen LogP contribution is -2.40. The molecule has 1 amide bonds. The summed E-state index contributed by atoms with van der Waals surface area (Å²) in [6, 6.07) is 6.80. The first kappa shape index (κ1) is 21.0. The fourth-order valence-corrected chi connectivity index (χ4v) is 5.42. The van der Waals surface area contributed by atoms with E-state index < -0.39 is 27.9 Å². The van der Waals surface area contributed by atoms with Gasteiger partial charge < -0.3 is 10.4 Å². The standard InChI is InChI=1S/C21H20ClFN2O4S/c22-19-11-14(4-5-20(19)23)24-21(27)18-12-16(10-13-2-1-3-17(13)18)30(28,29)25-8-6-15(26)7-9-25/h1,3-5,10-12,15,26H,2,6-9H2,(H,24,27). The number of amides is 1. The molecular weight excluding hydrogens is 431 g/mol. The molecule has 1 aliphatic carbocycles. The highest BCUT2D eigenvalue weighted by atomic mass is 35.5. The number of carbonyl (C=O) groups is 1. The minimum atomic E-state index is -3.80. The summed E-state index contributed by atoms with van der Waals surface area (Å²) >= 11 is 5.78. The van der Waals surface area contributed by atoms with Crippen LogP contribution in [0, 0.1) is 5.82 Å². The van der Waals surface area contributed by atoms with Gasteiger partial charge in [-0.2, -0.15) is 4.31 Å². The van der Waals surface area contributed by atoms with Gasteiger partial charge in [0.15, 0.2) is 0 Å². The molecule has 0 radical (unpaired) electrons. The van der Waals surface area contributed by atoms with Gasteiger partial charge in [0, 0.05) is 24.3 Å². The number of anilines is 1. The number of hydrogen-bond donors (Lipinski definition) is 2. The zero-order valence-electron chi connectivity index (χ0n) is 15.9. The molecule has 9 heteroatoms. The molecule has 30 heavy (non-hydrogen) atoms. The number of allylic oxidation sites excluding steroid dienone is 1. The largest absolute Gasteiger partial charge is 0.393 e. The van der Waals surface area contributed by atoms with Crippen molar-refractivity contribution in [1.82, 2.24) is 4.31 Å². The molecule has 2 aromatic carbocycles. The summed E-state index contributed by atoms with van der Waals surface area (Å²) in [6.07, 6.45) is 4.44. The lowest BCUT2D eigenvalue weighted by molar-refractivity contribution is 0.102. The van der Waals surface area contributed by atoms with Crippen LogP contribution in [0.5, 0.6) is 0 Å². The molecule has 0 spiro atoms. The maximum absolute atomic E-state index is 13.4. The molecule has 0 saturated carbocycles. The average Bonchev–Trinajstić information content (AvgIpc) is 3.19. The Kier molecular flexibility index (Phi) is 5.67. The maximum Gasteiger partial charge on any atom is 0.256 e. The highest BCUT2D eigenvalue weighted by molar-refractivity contribution is 7.89. The number of nitrogens with one attached hydrogen (secondary N) is 1. The summed E-state index contributed by atoms with van der Waals surface area (Å²) in [4.78, 5) is 13.0. The van der Waals surface area contributed by atoms with Crippen LogP contribution in [-0.2, 0) is 16.4 Å². The highest BCUT2D eigenvalue weighted by Crippen LogP contribution is 2.30. The Balaban J connectivity index is 1.68. The van der Waals surface area contributed by atoms with E-state index in [9.17, 15) is 22.7 Å². The molecule has 0 atom stereocenters. The number of hydrogen-bond acceptors (Lipinski definition) is 4. The van der Waals surface area contributed by atoms with Gasteiger partial charge in [-0.15, -0.1) is 0 Å². The van der Waals surface area contributed by atoms with E-state index in [1.54, 1.807) is 12.1 Å². The van der Waals surface area contributed by atoms with Crippen LogP contribution in [0.25, 0.3) is 6.08 Å². The van der Waals surface area contributed by atoms with Gasteiger partial charge in [0.25, 0.3) is 5.91 Å². The van der Waals surface area contributed by atoms with Crippen molar-refractivity contribution in [3.05, 3.63) is 63.9 Å². The van der Waals surface area contributed by atoms with Gasteiger partial charge in [-0.3, -0.25) is 4.79 Å². The minimum absolute atomic E-state index is 0.0450. The van der Waals surface area contributed by atoms with E-state index in [-0.39, 0.29) is 28.6 Å². The molecule has 2 aromatic rings. The Morgan fingerprint density at radius 1 is 1.20 bits per heavy atom. The summed E-state index contributed by atoms with van der Waals surface area (Å²) in [5.41, 5.74) is 1.93. The van der Waals surface area contributed by atoms with E-state index in [4.69, 9.17) is 11.6 Å². The lowest BCUT2D eigenvalue weighted by Gasteiger charge is -2.29. The molecule has 1 aliphatic heterocycles. The van der Waals surface area contributed by atoms with Crippen molar-refractivity contribution < 1.29 is 22.7 Å². The number of halogens is 2. The van der Waals surface area contributed by atoms with E-state index in [0.29, 0.717) is 30.5 Å². The van der Waals surface area contributed by atoms with Crippen LogP contribution < -0.4 is 5.32 Å². The smallest absolute Gasteiger partial charge is 0.256 e. The zero-order chi connectivity index (χ0) is 21.5. The van der Waals surface area contributed by atoms with Crippen LogP contribution in [0.3, 0.4) is 0 Å². The fourth-order valence-electron chi connectivity index (χ4n) is 3.69. The van der Waals surface area contributed by atoms with Gasteiger partial charge in [0.1, 0.15) is 5.82 Å². The SMILES string of the molecule is O=C(Nc1ccc(F)c(Cl)c1)c1cc(S(=O)(=O)N2CCC(O)CC2)cc2c1C=CC2. The number of rotatable bonds is 4. The molecule has 158 valence electrons. The molecule has 0 aromatic heterocycles. The molecule has 1 saturated heterocycles. The number of carbonyl (C=O) groups excluding carboxylic acids is 1. The van der Waals surface area contributed by atoms with Crippen molar-refractivity contribution in [2.45, 2.75) is 30.3 Å². The maximum atomic E-state index is 13.4. The first-order chi connectivity index (χ1) is 14.3. The monoisotopic (exact) mass is 450 g/mol. The quantitative estimate of drug-likeness (QED) is 0.747. The van der Waals surface area contributed by atoms with Gasteiger partial charge in [-0.05, 0) is 60.7 Å². The highest BCUT2D eigenvalue weighted by Gasteiger charge is 2.31. The summed E-state index contributed by atoms with van der Waals surface area (Å²) in [7, 11) is -3.80. The van der Waals surface area contributed by atoms with E-state index in [0.717, 1.165) is 11.6 Å². The van der Waals surface area contributed by atoms with Crippen LogP contribution in [0.4, 0.5) is 10.1 Å². The molecule has 2 aliphatic rings. The fraction of sp³-hybridized carbons (Fsp3) is 0.286. The Labute approximate surface area is 179 Å². The third kappa shape index (κ3) is 4.00. The molecule has 0 unspecified atom stereocenters. The summed E-state index contributed by atoms with van der Waals surface area (Å²) < 4.78 is 41.0. The van der Waals surface area contributed by atoms with Gasteiger partial charge in [-0.25, -0.2) is 12.8 Å². The number of piperidine rings is 1. The molecule has 6 nitrogen and oxygen atoms in total.